The van der Waals surface area contributed by atoms with Gasteiger partial charge in [0.2, 0.25) is 0 Å². The fourth-order valence-electron chi connectivity index (χ4n) is 3.63. The Morgan fingerprint density at radius 2 is 1.85 bits per heavy atom. The number of carbonyl (C=O) groups excluding carboxylic acids is 1. The summed E-state index contributed by atoms with van der Waals surface area (Å²) < 4.78 is 32.9. The van der Waals surface area contributed by atoms with E-state index in [9.17, 15) is 23.7 Å². The van der Waals surface area contributed by atoms with Crippen LogP contribution in [0.25, 0.3) is 0 Å². The Bertz CT molecular complexity index is 1160. The van der Waals surface area contributed by atoms with Gasteiger partial charge < -0.3 is 9.64 Å². The van der Waals surface area contributed by atoms with E-state index in [4.69, 9.17) is 4.74 Å². The molecule has 2 aromatic carbocycles. The zero-order valence-electron chi connectivity index (χ0n) is 17.6. The molecule has 1 aliphatic rings. The molecular weight excluding hydrogens is 452 g/mol. The second-order valence-corrected chi connectivity index (χ2v) is 8.53. The van der Waals surface area contributed by atoms with E-state index in [0.29, 0.717) is 36.6 Å². The molecule has 7 nitrogen and oxygen atoms in total. The highest BCUT2D eigenvalue weighted by molar-refractivity contribution is 7.12. The van der Waals surface area contributed by atoms with Gasteiger partial charge >= 0.3 is 5.69 Å². The van der Waals surface area contributed by atoms with Gasteiger partial charge in [-0.2, -0.15) is 0 Å². The number of hydrogen-bond donors (Lipinski definition) is 0. The van der Waals surface area contributed by atoms with Crippen LogP contribution in [-0.2, 0) is 13.2 Å². The number of halogens is 2. The predicted octanol–water partition coefficient (Wildman–Crippen LogP) is 4.47. The van der Waals surface area contributed by atoms with Crippen LogP contribution in [0, 0.1) is 21.7 Å². The molecule has 0 aliphatic carbocycles. The van der Waals surface area contributed by atoms with Gasteiger partial charge in [-0.3, -0.25) is 19.8 Å². The number of benzene rings is 2. The second kappa shape index (κ2) is 10.1. The van der Waals surface area contributed by atoms with Crippen molar-refractivity contribution in [3.8, 4) is 5.75 Å². The molecule has 1 saturated heterocycles. The molecule has 0 N–H and O–H groups in total. The lowest BCUT2D eigenvalue weighted by Gasteiger charge is -2.34. The minimum atomic E-state index is -0.860. The molecule has 0 atom stereocenters. The van der Waals surface area contributed by atoms with Crippen molar-refractivity contribution in [1.29, 1.82) is 0 Å². The molecule has 0 saturated carbocycles. The van der Waals surface area contributed by atoms with E-state index in [1.165, 1.54) is 29.5 Å². The van der Waals surface area contributed by atoms with Crippen molar-refractivity contribution in [2.75, 3.05) is 26.2 Å². The van der Waals surface area contributed by atoms with Crippen molar-refractivity contribution in [3.63, 3.8) is 0 Å². The number of rotatable bonds is 7. The third kappa shape index (κ3) is 5.35. The highest BCUT2D eigenvalue weighted by atomic mass is 32.1. The molecule has 0 unspecified atom stereocenters. The van der Waals surface area contributed by atoms with E-state index in [2.05, 4.69) is 0 Å². The first kappa shape index (κ1) is 22.8. The van der Waals surface area contributed by atoms with E-state index in [0.717, 1.165) is 11.6 Å². The van der Waals surface area contributed by atoms with Crippen molar-refractivity contribution in [1.82, 2.24) is 9.80 Å². The molecule has 1 fully saturated rings. The molecule has 10 heteroatoms. The Balaban J connectivity index is 1.31. The van der Waals surface area contributed by atoms with Crippen molar-refractivity contribution < 1.29 is 23.2 Å². The maximum absolute atomic E-state index is 13.9. The summed E-state index contributed by atoms with van der Waals surface area (Å²) in [5.41, 5.74) is 0.943. The summed E-state index contributed by atoms with van der Waals surface area (Å²) >= 11 is 1.29. The standard InChI is InChI=1S/C23H21F2N3O4S/c24-18-5-3-4-17(22(18)25)13-26-8-10-27(11-9-26)23(29)21-12-16(15-33-21)14-32-20-7-2-1-6-19(20)28(30)31/h1-7,12,15H,8-11,13-14H2. The van der Waals surface area contributed by atoms with Gasteiger partial charge in [0.05, 0.1) is 9.80 Å². The van der Waals surface area contributed by atoms with Crippen LogP contribution in [0.1, 0.15) is 20.8 Å². The van der Waals surface area contributed by atoms with Crippen LogP contribution in [0.4, 0.5) is 14.5 Å². The SMILES string of the molecule is O=C(c1cc(COc2ccccc2[N+](=O)[O-])cs1)N1CCN(Cc2cccc(F)c2F)CC1. The second-order valence-electron chi connectivity index (χ2n) is 7.61. The monoisotopic (exact) mass is 473 g/mol. The Morgan fingerprint density at radius 1 is 1.09 bits per heavy atom. The normalized spacial score (nSPS) is 14.3. The highest BCUT2D eigenvalue weighted by Gasteiger charge is 2.24. The number of nitro benzene ring substituents is 1. The number of nitro groups is 1. The summed E-state index contributed by atoms with van der Waals surface area (Å²) in [6.45, 7) is 2.48. The first-order valence-corrected chi connectivity index (χ1v) is 11.2. The highest BCUT2D eigenvalue weighted by Crippen LogP contribution is 2.27. The van der Waals surface area contributed by atoms with Crippen LogP contribution in [0.15, 0.2) is 53.9 Å². The van der Waals surface area contributed by atoms with Gasteiger partial charge in [-0.25, -0.2) is 8.78 Å². The van der Waals surface area contributed by atoms with Gasteiger partial charge in [0.25, 0.3) is 5.91 Å². The Labute approximate surface area is 193 Å². The van der Waals surface area contributed by atoms with Crippen LogP contribution in [-0.4, -0.2) is 46.8 Å². The third-order valence-electron chi connectivity index (χ3n) is 5.41. The van der Waals surface area contributed by atoms with Crippen LogP contribution in [0.2, 0.25) is 0 Å². The predicted molar refractivity (Wildman–Crippen MR) is 119 cm³/mol. The number of hydrogen-bond acceptors (Lipinski definition) is 6. The minimum Gasteiger partial charge on any atom is -0.482 e. The number of thiophene rings is 1. The molecule has 1 aliphatic heterocycles. The van der Waals surface area contributed by atoms with E-state index in [1.807, 2.05) is 4.90 Å². The fraction of sp³-hybridized carbons (Fsp3) is 0.261. The summed E-state index contributed by atoms with van der Waals surface area (Å²) in [7, 11) is 0. The average Bonchev–Trinajstić information content (AvgIpc) is 3.30. The quantitative estimate of drug-likeness (QED) is 0.374. The number of carbonyl (C=O) groups is 1. The van der Waals surface area contributed by atoms with E-state index in [-0.39, 0.29) is 30.5 Å². The molecule has 0 radical (unpaired) electrons. The number of amides is 1. The molecule has 1 aromatic heterocycles. The van der Waals surface area contributed by atoms with Gasteiger partial charge in [-0.15, -0.1) is 11.3 Å². The van der Waals surface area contributed by atoms with Gasteiger partial charge in [0, 0.05) is 49.9 Å². The summed E-state index contributed by atoms with van der Waals surface area (Å²) in [4.78, 5) is 27.7. The Kier molecular flexibility index (Phi) is 6.95. The molecule has 0 bridgehead atoms. The first-order valence-electron chi connectivity index (χ1n) is 10.3. The van der Waals surface area contributed by atoms with E-state index < -0.39 is 16.6 Å². The third-order valence-corrected chi connectivity index (χ3v) is 6.37. The van der Waals surface area contributed by atoms with Gasteiger partial charge in [0.15, 0.2) is 17.4 Å². The zero-order valence-corrected chi connectivity index (χ0v) is 18.4. The van der Waals surface area contributed by atoms with Crippen LogP contribution >= 0.6 is 11.3 Å². The molecule has 33 heavy (non-hydrogen) atoms. The number of nitrogens with zero attached hydrogens (tertiary/aromatic N) is 3. The maximum Gasteiger partial charge on any atom is 0.310 e. The van der Waals surface area contributed by atoms with Crippen molar-refractivity contribution >= 4 is 22.9 Å². The number of ether oxygens (including phenoxy) is 1. The topological polar surface area (TPSA) is 75.9 Å². The molecule has 0 spiro atoms. The summed E-state index contributed by atoms with van der Waals surface area (Å²) in [6, 6.07) is 12.0. The molecule has 2 heterocycles. The largest absolute Gasteiger partial charge is 0.482 e. The lowest BCUT2D eigenvalue weighted by atomic mass is 10.1. The Hall–Kier alpha value is -3.37. The summed E-state index contributed by atoms with van der Waals surface area (Å²) in [6.07, 6.45) is 0. The van der Waals surface area contributed by atoms with Crippen molar-refractivity contribution in [2.45, 2.75) is 13.2 Å². The minimum absolute atomic E-state index is 0.103. The van der Waals surface area contributed by atoms with Crippen LogP contribution in [0.5, 0.6) is 5.75 Å². The maximum atomic E-state index is 13.9. The lowest BCUT2D eigenvalue weighted by Crippen LogP contribution is -2.48. The van der Waals surface area contributed by atoms with Crippen LogP contribution < -0.4 is 4.74 Å². The van der Waals surface area contributed by atoms with E-state index >= 15 is 0 Å². The van der Waals surface area contributed by atoms with Gasteiger partial charge in [-0.1, -0.05) is 24.3 Å². The van der Waals surface area contributed by atoms with Gasteiger partial charge in [-0.05, 0) is 23.6 Å². The fourth-order valence-corrected chi connectivity index (χ4v) is 4.49. The molecule has 4 rings (SSSR count). The van der Waals surface area contributed by atoms with Crippen LogP contribution in [0.3, 0.4) is 0 Å². The Morgan fingerprint density at radius 3 is 2.61 bits per heavy atom. The number of piperazine rings is 1. The summed E-state index contributed by atoms with van der Waals surface area (Å²) in [5.74, 6) is -1.62. The zero-order chi connectivity index (χ0) is 23.4. The van der Waals surface area contributed by atoms with E-state index in [1.54, 1.807) is 34.5 Å². The number of para-hydroxylation sites is 2. The lowest BCUT2D eigenvalue weighted by molar-refractivity contribution is -0.385. The smallest absolute Gasteiger partial charge is 0.310 e. The molecule has 1 amide bonds. The van der Waals surface area contributed by atoms with Crippen molar-refractivity contribution in [3.05, 3.63) is 91.7 Å². The summed E-state index contributed by atoms with van der Waals surface area (Å²) in [5, 5.41) is 12.9. The first-order chi connectivity index (χ1) is 15.9. The van der Waals surface area contributed by atoms with Gasteiger partial charge in [0.1, 0.15) is 6.61 Å². The molecular formula is C23H21F2N3O4S. The van der Waals surface area contributed by atoms with Crippen molar-refractivity contribution in [2.24, 2.45) is 0 Å². The molecule has 172 valence electrons. The molecule has 3 aromatic rings. The average molecular weight is 474 g/mol.